The number of anilines is 2. The van der Waals surface area contributed by atoms with Gasteiger partial charge in [0.2, 0.25) is 11.9 Å². The highest BCUT2D eigenvalue weighted by atomic mass is 19.4. The lowest BCUT2D eigenvalue weighted by molar-refractivity contribution is -0.139. The fourth-order valence-electron chi connectivity index (χ4n) is 2.21. The molecule has 0 fully saturated rings. The maximum atomic E-state index is 14.4. The first-order valence-electron chi connectivity index (χ1n) is 8.72. The number of alkyl halides is 7. The molecule has 0 radical (unpaired) electrons. The molecule has 1 aromatic rings. The number of aromatic nitrogens is 3. The van der Waals surface area contributed by atoms with Crippen molar-refractivity contribution in [3.05, 3.63) is 11.7 Å². The molecule has 1 unspecified atom stereocenters. The van der Waals surface area contributed by atoms with Crippen LogP contribution in [0.15, 0.2) is 5.83 Å². The summed E-state index contributed by atoms with van der Waals surface area (Å²) in [6.45, 7) is 1.37. The average molecular weight is 436 g/mol. The van der Waals surface area contributed by atoms with Crippen LogP contribution < -0.4 is 10.6 Å². The standard InChI is InChI=1S/C15H17F8N5O/c1-5(14(18,19)20)24-12-26-11(7-3-4-8(16)10(29)9(7)17)27-13(28-12)25-6(2)15(21,22)23/h5-6,8,10,29H,3-4H2,1-2H3,(H2,24,25,26,27,28)/t5-,6-,8?,10-/m1/s1/i10D. The third kappa shape index (κ3) is 5.64. The molecule has 1 aliphatic carbocycles. The lowest BCUT2D eigenvalue weighted by Crippen LogP contribution is -2.35. The third-order valence-corrected chi connectivity index (χ3v) is 4.01. The molecule has 4 atom stereocenters. The minimum atomic E-state index is -4.77. The van der Waals surface area contributed by atoms with Crippen molar-refractivity contribution in [3.63, 3.8) is 0 Å². The predicted molar refractivity (Wildman–Crippen MR) is 86.3 cm³/mol. The number of nitrogens with one attached hydrogen (secondary N) is 2. The van der Waals surface area contributed by atoms with Crippen molar-refractivity contribution in [2.24, 2.45) is 0 Å². The Balaban J connectivity index is 2.52. The molecule has 29 heavy (non-hydrogen) atoms. The van der Waals surface area contributed by atoms with Gasteiger partial charge in [-0.25, -0.2) is 8.78 Å². The van der Waals surface area contributed by atoms with Crippen LogP contribution in [0.2, 0.25) is 0 Å². The van der Waals surface area contributed by atoms with Crippen LogP contribution in [-0.2, 0) is 0 Å². The molecule has 0 saturated carbocycles. The minimum absolute atomic E-state index is 0.458. The lowest BCUT2D eigenvalue weighted by Gasteiger charge is -2.24. The van der Waals surface area contributed by atoms with Gasteiger partial charge in [-0.05, 0) is 26.7 Å². The summed E-state index contributed by atoms with van der Waals surface area (Å²) in [6, 6.07) is -4.46. The van der Waals surface area contributed by atoms with Crippen molar-refractivity contribution >= 4 is 17.5 Å². The van der Waals surface area contributed by atoms with Gasteiger partial charge in [-0.1, -0.05) is 0 Å². The van der Waals surface area contributed by atoms with Crippen LogP contribution in [0.4, 0.5) is 47.0 Å². The highest BCUT2D eigenvalue weighted by Crippen LogP contribution is 2.34. The molecule has 1 aliphatic rings. The molecule has 2 rings (SSSR count). The van der Waals surface area contributed by atoms with Crippen LogP contribution in [-0.4, -0.2) is 56.7 Å². The van der Waals surface area contributed by atoms with Crippen LogP contribution >= 0.6 is 0 Å². The van der Waals surface area contributed by atoms with E-state index in [-0.39, 0.29) is 0 Å². The summed E-state index contributed by atoms with van der Waals surface area (Å²) in [5.41, 5.74) is -0.630. The predicted octanol–water partition coefficient (Wildman–Crippen LogP) is 3.77. The zero-order valence-corrected chi connectivity index (χ0v) is 15.0. The van der Waals surface area contributed by atoms with Crippen molar-refractivity contribution in [2.45, 2.75) is 63.4 Å². The first-order valence-corrected chi connectivity index (χ1v) is 8.22. The van der Waals surface area contributed by atoms with Crippen molar-refractivity contribution < 1.29 is 41.6 Å². The first kappa shape index (κ1) is 21.5. The summed E-state index contributed by atoms with van der Waals surface area (Å²) in [7, 11) is 0. The van der Waals surface area contributed by atoms with E-state index in [1.165, 1.54) is 0 Å². The van der Waals surface area contributed by atoms with Crippen LogP contribution in [0.3, 0.4) is 0 Å². The van der Waals surface area contributed by atoms with E-state index in [1.54, 1.807) is 0 Å². The molecule has 0 aromatic carbocycles. The average Bonchev–Trinajstić information content (AvgIpc) is 2.58. The summed E-state index contributed by atoms with van der Waals surface area (Å²) >= 11 is 0. The maximum absolute atomic E-state index is 14.4. The Hall–Kier alpha value is -2.25. The Morgan fingerprint density at radius 1 is 1.00 bits per heavy atom. The first-order chi connectivity index (χ1) is 13.5. The van der Waals surface area contributed by atoms with Gasteiger partial charge >= 0.3 is 12.4 Å². The van der Waals surface area contributed by atoms with E-state index in [0.717, 1.165) is 0 Å². The molecule has 0 aliphatic heterocycles. The minimum Gasteiger partial charge on any atom is -0.383 e. The van der Waals surface area contributed by atoms with E-state index >= 15 is 0 Å². The topological polar surface area (TPSA) is 83.0 Å². The Labute approximate surface area is 160 Å². The molecule has 0 amide bonds. The zero-order valence-electron chi connectivity index (χ0n) is 16.0. The molecule has 3 N–H and O–H groups in total. The number of hydrogen-bond acceptors (Lipinski definition) is 6. The van der Waals surface area contributed by atoms with Crippen LogP contribution in [0.1, 0.15) is 33.9 Å². The highest BCUT2D eigenvalue weighted by Gasteiger charge is 2.39. The van der Waals surface area contributed by atoms with Gasteiger partial charge in [0.25, 0.3) is 0 Å². The smallest absolute Gasteiger partial charge is 0.383 e. The Kier molecular flexibility index (Phi) is 6.10. The van der Waals surface area contributed by atoms with Gasteiger partial charge in [0.15, 0.2) is 5.82 Å². The molecule has 1 heterocycles. The second-order valence-corrected chi connectivity index (χ2v) is 6.31. The number of aliphatic hydroxyl groups is 1. The van der Waals surface area contributed by atoms with Gasteiger partial charge in [0.05, 0.1) is 1.37 Å². The molecule has 0 spiro atoms. The number of rotatable bonds is 5. The summed E-state index contributed by atoms with van der Waals surface area (Å²) in [5, 5.41) is 13.3. The van der Waals surface area contributed by atoms with Crippen LogP contribution in [0.5, 0.6) is 0 Å². The number of allylic oxidation sites excluding steroid dienone is 1. The van der Waals surface area contributed by atoms with Crippen molar-refractivity contribution in [3.8, 4) is 0 Å². The van der Waals surface area contributed by atoms with Gasteiger partial charge in [0.1, 0.15) is 30.2 Å². The number of halogens is 8. The molecular weight excluding hydrogens is 418 g/mol. The molecule has 0 saturated heterocycles. The van der Waals surface area contributed by atoms with E-state index in [1.807, 2.05) is 10.6 Å². The fraction of sp³-hybridized carbons (Fsp3) is 0.667. The Morgan fingerprint density at radius 2 is 1.45 bits per heavy atom. The monoisotopic (exact) mass is 436 g/mol. The zero-order chi connectivity index (χ0) is 23.1. The highest BCUT2D eigenvalue weighted by molar-refractivity contribution is 5.65. The number of hydrogen-bond donors (Lipinski definition) is 3. The number of nitrogens with zero attached hydrogens (tertiary/aromatic N) is 3. The normalized spacial score (nSPS) is 26.0. The van der Waals surface area contributed by atoms with Gasteiger partial charge < -0.3 is 15.7 Å². The van der Waals surface area contributed by atoms with Gasteiger partial charge in [-0.15, -0.1) is 0 Å². The van der Waals surface area contributed by atoms with Crippen molar-refractivity contribution in [1.29, 1.82) is 0 Å². The Bertz CT molecular complexity index is 773. The molecular formula is C15H17F8N5O. The molecule has 1 aromatic heterocycles. The second kappa shape index (κ2) is 8.24. The second-order valence-electron chi connectivity index (χ2n) is 6.31. The van der Waals surface area contributed by atoms with Gasteiger partial charge in [-0.2, -0.15) is 41.3 Å². The van der Waals surface area contributed by atoms with E-state index in [0.29, 0.717) is 13.8 Å². The quantitative estimate of drug-likeness (QED) is 0.610. The molecule has 14 heteroatoms. The van der Waals surface area contributed by atoms with Crippen molar-refractivity contribution in [2.75, 3.05) is 10.6 Å². The third-order valence-electron chi connectivity index (χ3n) is 4.01. The summed E-state index contributed by atoms with van der Waals surface area (Å²) in [5.74, 6) is -4.11. The van der Waals surface area contributed by atoms with E-state index in [9.17, 15) is 40.2 Å². The van der Waals surface area contributed by atoms with Gasteiger partial charge in [-0.3, -0.25) is 0 Å². The maximum Gasteiger partial charge on any atom is 0.408 e. The van der Waals surface area contributed by atoms with Crippen LogP contribution in [0.25, 0.3) is 5.57 Å². The van der Waals surface area contributed by atoms with E-state index in [4.69, 9.17) is 1.37 Å². The summed E-state index contributed by atoms with van der Waals surface area (Å²) in [6.07, 6.45) is -16.1. The van der Waals surface area contributed by atoms with Gasteiger partial charge in [0, 0.05) is 5.57 Å². The van der Waals surface area contributed by atoms with E-state index in [2.05, 4.69) is 15.0 Å². The van der Waals surface area contributed by atoms with Crippen LogP contribution in [0, 0.1) is 0 Å². The Morgan fingerprint density at radius 3 is 1.86 bits per heavy atom. The van der Waals surface area contributed by atoms with Crippen molar-refractivity contribution in [1.82, 2.24) is 15.0 Å². The summed E-state index contributed by atoms with van der Waals surface area (Å²) < 4.78 is 112. The fourth-order valence-corrected chi connectivity index (χ4v) is 2.21. The van der Waals surface area contributed by atoms with E-state index < -0.39 is 78.7 Å². The largest absolute Gasteiger partial charge is 0.408 e. The molecule has 6 nitrogen and oxygen atoms in total. The molecule has 0 bridgehead atoms. The SMILES string of the molecule is [2H][C@]1(O)C(F)=C(c2nc(N[C@H](C)C(F)(F)F)nc(N[C@H](C)C(F)(F)F)n2)CCC1F. The lowest BCUT2D eigenvalue weighted by atomic mass is 9.94. The molecule has 164 valence electrons. The summed E-state index contributed by atoms with van der Waals surface area (Å²) in [4.78, 5) is 10.5.